The van der Waals surface area contributed by atoms with Gasteiger partial charge in [-0.2, -0.15) is 0 Å². The van der Waals surface area contributed by atoms with Gasteiger partial charge in [0, 0.05) is 5.02 Å². The van der Waals surface area contributed by atoms with Gasteiger partial charge in [0.25, 0.3) is 0 Å². The van der Waals surface area contributed by atoms with Crippen LogP contribution in [0.2, 0.25) is 5.02 Å². The summed E-state index contributed by atoms with van der Waals surface area (Å²) in [6, 6.07) is 9.12. The van der Waals surface area contributed by atoms with E-state index in [1.54, 1.807) is 23.5 Å². The van der Waals surface area contributed by atoms with Crippen LogP contribution in [0.3, 0.4) is 0 Å². The van der Waals surface area contributed by atoms with Crippen LogP contribution < -0.4 is 4.74 Å². The van der Waals surface area contributed by atoms with Gasteiger partial charge in [-0.3, -0.25) is 0 Å². The van der Waals surface area contributed by atoms with Crippen molar-refractivity contribution in [2.45, 2.75) is 0 Å². The van der Waals surface area contributed by atoms with Crippen molar-refractivity contribution in [2.75, 3.05) is 0 Å². The van der Waals surface area contributed by atoms with Gasteiger partial charge in [0.05, 0.1) is 5.52 Å². The van der Waals surface area contributed by atoms with Crippen LogP contribution in [0.25, 0.3) is 10.2 Å². The molecule has 0 unspecified atom stereocenters. The van der Waals surface area contributed by atoms with Crippen molar-refractivity contribution in [3.63, 3.8) is 0 Å². The van der Waals surface area contributed by atoms with Gasteiger partial charge in [-0.25, -0.2) is 9.97 Å². The SMILES string of the molecule is Clc1ccc(Oc2ncnc3ccsc23)cc1. The summed E-state index contributed by atoms with van der Waals surface area (Å²) < 4.78 is 6.65. The first kappa shape index (κ1) is 10.5. The van der Waals surface area contributed by atoms with E-state index >= 15 is 0 Å². The summed E-state index contributed by atoms with van der Waals surface area (Å²) in [5.41, 5.74) is 0.897. The Morgan fingerprint density at radius 1 is 1.06 bits per heavy atom. The number of ether oxygens (including phenoxy) is 1. The predicted octanol–water partition coefficient (Wildman–Crippen LogP) is 4.14. The Kier molecular flexibility index (Phi) is 2.66. The largest absolute Gasteiger partial charge is 0.437 e. The van der Waals surface area contributed by atoms with Gasteiger partial charge in [0.2, 0.25) is 5.88 Å². The van der Waals surface area contributed by atoms with Crippen LogP contribution in [0.1, 0.15) is 0 Å². The van der Waals surface area contributed by atoms with Crippen LogP contribution in [0.4, 0.5) is 0 Å². The molecule has 5 heteroatoms. The van der Waals surface area contributed by atoms with Crippen molar-refractivity contribution in [1.29, 1.82) is 0 Å². The molecule has 0 aliphatic rings. The Hall–Kier alpha value is -1.65. The zero-order valence-electron chi connectivity index (χ0n) is 8.63. The highest BCUT2D eigenvalue weighted by Crippen LogP contribution is 2.30. The molecule has 17 heavy (non-hydrogen) atoms. The molecule has 3 rings (SSSR count). The average Bonchev–Trinajstić information content (AvgIpc) is 2.81. The number of fused-ring (bicyclic) bond motifs is 1. The zero-order valence-corrected chi connectivity index (χ0v) is 10.2. The normalized spacial score (nSPS) is 10.6. The van der Waals surface area contributed by atoms with Gasteiger partial charge in [-0.15, -0.1) is 11.3 Å². The van der Waals surface area contributed by atoms with Crippen LogP contribution in [0.5, 0.6) is 11.6 Å². The quantitative estimate of drug-likeness (QED) is 0.696. The number of hydrogen-bond acceptors (Lipinski definition) is 4. The summed E-state index contributed by atoms with van der Waals surface area (Å²) in [5.74, 6) is 1.29. The molecule has 3 aromatic rings. The molecule has 0 aliphatic carbocycles. The second-order valence-corrected chi connectivity index (χ2v) is 4.72. The van der Waals surface area contributed by atoms with Gasteiger partial charge in [-0.05, 0) is 35.7 Å². The number of nitrogens with zero attached hydrogens (tertiary/aromatic N) is 2. The molecule has 0 radical (unpaired) electrons. The number of hydrogen-bond donors (Lipinski definition) is 0. The molecule has 1 aromatic carbocycles. The van der Waals surface area contributed by atoms with E-state index in [-0.39, 0.29) is 0 Å². The second kappa shape index (κ2) is 4.31. The summed E-state index contributed by atoms with van der Waals surface area (Å²) in [4.78, 5) is 8.30. The third-order valence-electron chi connectivity index (χ3n) is 2.24. The van der Waals surface area contributed by atoms with E-state index in [0.717, 1.165) is 10.2 Å². The van der Waals surface area contributed by atoms with Crippen molar-refractivity contribution in [2.24, 2.45) is 0 Å². The Bertz CT molecular complexity index is 651. The lowest BCUT2D eigenvalue weighted by molar-refractivity contribution is 0.469. The standard InChI is InChI=1S/C12H7ClN2OS/c13-8-1-3-9(4-2-8)16-12-11-10(5-6-17-11)14-7-15-12/h1-7H. The molecule has 0 amide bonds. The molecule has 3 nitrogen and oxygen atoms in total. The Morgan fingerprint density at radius 3 is 2.71 bits per heavy atom. The molecule has 84 valence electrons. The summed E-state index contributed by atoms with van der Waals surface area (Å²) in [6.07, 6.45) is 1.50. The fourth-order valence-electron chi connectivity index (χ4n) is 1.45. The van der Waals surface area contributed by atoms with E-state index in [2.05, 4.69) is 9.97 Å². The number of thiophene rings is 1. The van der Waals surface area contributed by atoms with Crippen molar-refractivity contribution in [3.05, 3.63) is 47.1 Å². The van der Waals surface area contributed by atoms with Crippen molar-refractivity contribution in [1.82, 2.24) is 9.97 Å². The smallest absolute Gasteiger partial charge is 0.240 e. The molecular weight excluding hydrogens is 256 g/mol. The lowest BCUT2D eigenvalue weighted by Gasteiger charge is -2.04. The van der Waals surface area contributed by atoms with Crippen LogP contribution in [-0.4, -0.2) is 9.97 Å². The lowest BCUT2D eigenvalue weighted by Crippen LogP contribution is -1.88. The summed E-state index contributed by atoms with van der Waals surface area (Å²) in [5, 5.41) is 2.65. The first-order chi connectivity index (χ1) is 8.33. The van der Waals surface area contributed by atoms with Crippen LogP contribution >= 0.6 is 22.9 Å². The Balaban J connectivity index is 1.99. The fourth-order valence-corrected chi connectivity index (χ4v) is 2.35. The van der Waals surface area contributed by atoms with E-state index in [9.17, 15) is 0 Å². The maximum atomic E-state index is 5.81. The molecular formula is C12H7ClN2OS. The molecule has 2 aromatic heterocycles. The van der Waals surface area contributed by atoms with Crippen LogP contribution in [0, 0.1) is 0 Å². The first-order valence-corrected chi connectivity index (χ1v) is 6.20. The average molecular weight is 263 g/mol. The maximum absolute atomic E-state index is 5.81. The Labute approximate surface area is 107 Å². The molecule has 0 saturated carbocycles. The fraction of sp³-hybridized carbons (Fsp3) is 0. The van der Waals surface area contributed by atoms with Gasteiger partial charge >= 0.3 is 0 Å². The van der Waals surface area contributed by atoms with Crippen molar-refractivity contribution >= 4 is 33.2 Å². The van der Waals surface area contributed by atoms with E-state index in [4.69, 9.17) is 16.3 Å². The van der Waals surface area contributed by atoms with Crippen molar-refractivity contribution < 1.29 is 4.74 Å². The van der Waals surface area contributed by atoms with Crippen LogP contribution in [0.15, 0.2) is 42.0 Å². The minimum atomic E-state index is 0.576. The van der Waals surface area contributed by atoms with Gasteiger partial charge in [0.15, 0.2) is 0 Å². The number of halogens is 1. The van der Waals surface area contributed by atoms with Gasteiger partial charge < -0.3 is 4.74 Å². The van der Waals surface area contributed by atoms with E-state index in [1.165, 1.54) is 6.33 Å². The highest BCUT2D eigenvalue weighted by atomic mass is 35.5. The number of aromatic nitrogens is 2. The van der Waals surface area contributed by atoms with Gasteiger partial charge in [0.1, 0.15) is 16.8 Å². The predicted molar refractivity (Wildman–Crippen MR) is 68.9 cm³/mol. The molecule has 0 spiro atoms. The van der Waals surface area contributed by atoms with Crippen molar-refractivity contribution in [3.8, 4) is 11.6 Å². The monoisotopic (exact) mass is 262 g/mol. The first-order valence-electron chi connectivity index (χ1n) is 4.94. The minimum Gasteiger partial charge on any atom is -0.437 e. The molecule has 0 atom stereocenters. The lowest BCUT2D eigenvalue weighted by atomic mass is 10.3. The molecule has 0 bridgehead atoms. The molecule has 0 aliphatic heterocycles. The highest BCUT2D eigenvalue weighted by Gasteiger charge is 2.06. The minimum absolute atomic E-state index is 0.576. The third kappa shape index (κ3) is 2.09. The summed E-state index contributed by atoms with van der Waals surface area (Å²) in [7, 11) is 0. The number of rotatable bonds is 2. The van der Waals surface area contributed by atoms with Gasteiger partial charge in [-0.1, -0.05) is 11.6 Å². The van der Waals surface area contributed by atoms with E-state index < -0.39 is 0 Å². The zero-order chi connectivity index (χ0) is 11.7. The summed E-state index contributed by atoms with van der Waals surface area (Å²) >= 11 is 7.37. The maximum Gasteiger partial charge on any atom is 0.240 e. The second-order valence-electron chi connectivity index (χ2n) is 3.37. The summed E-state index contributed by atoms with van der Waals surface area (Å²) in [6.45, 7) is 0. The Morgan fingerprint density at radius 2 is 1.88 bits per heavy atom. The molecule has 0 fully saturated rings. The van der Waals surface area contributed by atoms with E-state index in [1.807, 2.05) is 23.6 Å². The van der Waals surface area contributed by atoms with E-state index in [0.29, 0.717) is 16.7 Å². The third-order valence-corrected chi connectivity index (χ3v) is 3.38. The molecule has 0 N–H and O–H groups in total. The topological polar surface area (TPSA) is 35.0 Å². The molecule has 2 heterocycles. The number of benzene rings is 1. The molecule has 0 saturated heterocycles. The highest BCUT2D eigenvalue weighted by molar-refractivity contribution is 7.17. The van der Waals surface area contributed by atoms with Crippen LogP contribution in [-0.2, 0) is 0 Å².